The summed E-state index contributed by atoms with van der Waals surface area (Å²) in [5.41, 5.74) is 0.623. The third kappa shape index (κ3) is 2.73. The fourth-order valence-electron chi connectivity index (χ4n) is 4.29. The number of hydrogen-bond donors (Lipinski definition) is 1. The van der Waals surface area contributed by atoms with Crippen LogP contribution in [0.1, 0.15) is 45.4 Å². The molecule has 1 N–H and O–H groups in total. The number of piperidine rings is 2. The summed E-state index contributed by atoms with van der Waals surface area (Å²) in [6.45, 7) is 7.71. The van der Waals surface area contributed by atoms with Crippen molar-refractivity contribution in [3.63, 3.8) is 0 Å². The number of hydrogen-bond acceptors (Lipinski definition) is 3. The molecule has 0 aromatic carbocycles. The van der Waals surface area contributed by atoms with E-state index >= 15 is 0 Å². The molecule has 3 rings (SSSR count). The predicted molar refractivity (Wildman–Crippen MR) is 80.3 cm³/mol. The van der Waals surface area contributed by atoms with E-state index in [1.807, 2.05) is 0 Å². The van der Waals surface area contributed by atoms with E-state index in [1.165, 1.54) is 70.5 Å². The normalized spacial score (nSPS) is 43.2. The summed E-state index contributed by atoms with van der Waals surface area (Å²) >= 11 is 2.20. The standard InChI is InChI=1S/C15H28N2S/c1-13-14(5-2-10-18-13)17-9-4-7-15(12-17)6-3-8-16-11-15/h13-14,16H,2-12H2,1H3. The Bertz CT molecular complexity index is 270. The number of thioether (sulfide) groups is 1. The minimum atomic E-state index is 0.623. The molecule has 2 nitrogen and oxygen atoms in total. The maximum atomic E-state index is 3.65. The Morgan fingerprint density at radius 3 is 2.89 bits per heavy atom. The van der Waals surface area contributed by atoms with Crippen molar-refractivity contribution in [2.45, 2.75) is 56.7 Å². The summed E-state index contributed by atoms with van der Waals surface area (Å²) in [6.07, 6.45) is 8.62. The molecule has 0 bridgehead atoms. The van der Waals surface area contributed by atoms with Crippen molar-refractivity contribution >= 4 is 11.8 Å². The van der Waals surface area contributed by atoms with Crippen LogP contribution in [0.3, 0.4) is 0 Å². The molecule has 3 heteroatoms. The SMILES string of the molecule is CC1SCCCC1N1CCCC2(CCCNC2)C1. The second-order valence-corrected chi connectivity index (χ2v) is 8.12. The minimum absolute atomic E-state index is 0.623. The van der Waals surface area contributed by atoms with Gasteiger partial charge in [0.05, 0.1) is 0 Å². The molecule has 18 heavy (non-hydrogen) atoms. The van der Waals surface area contributed by atoms with Gasteiger partial charge in [0, 0.05) is 24.4 Å². The van der Waals surface area contributed by atoms with Crippen LogP contribution in [0.5, 0.6) is 0 Å². The lowest BCUT2D eigenvalue weighted by Gasteiger charge is -2.49. The van der Waals surface area contributed by atoms with Gasteiger partial charge in [0.15, 0.2) is 0 Å². The maximum absolute atomic E-state index is 3.65. The Labute approximate surface area is 116 Å². The van der Waals surface area contributed by atoms with Crippen molar-refractivity contribution in [3.8, 4) is 0 Å². The van der Waals surface area contributed by atoms with Crippen LogP contribution in [-0.4, -0.2) is 48.1 Å². The lowest BCUT2D eigenvalue weighted by Crippen LogP contribution is -2.55. The van der Waals surface area contributed by atoms with E-state index in [0.717, 1.165) is 11.3 Å². The first-order valence-corrected chi connectivity index (χ1v) is 8.90. The van der Waals surface area contributed by atoms with Gasteiger partial charge in [0.25, 0.3) is 0 Å². The summed E-state index contributed by atoms with van der Waals surface area (Å²) in [5, 5.41) is 4.50. The third-order valence-electron chi connectivity index (χ3n) is 5.29. The van der Waals surface area contributed by atoms with Gasteiger partial charge in [0.2, 0.25) is 0 Å². The first-order chi connectivity index (χ1) is 8.79. The van der Waals surface area contributed by atoms with Crippen LogP contribution < -0.4 is 5.32 Å². The van der Waals surface area contributed by atoms with Crippen LogP contribution in [0.15, 0.2) is 0 Å². The Balaban J connectivity index is 1.65. The molecule has 0 aromatic heterocycles. The molecular formula is C15H28N2S. The van der Waals surface area contributed by atoms with Crippen LogP contribution >= 0.6 is 11.8 Å². The van der Waals surface area contributed by atoms with Gasteiger partial charge >= 0.3 is 0 Å². The Morgan fingerprint density at radius 2 is 2.11 bits per heavy atom. The van der Waals surface area contributed by atoms with Crippen molar-refractivity contribution in [2.75, 3.05) is 31.9 Å². The topological polar surface area (TPSA) is 15.3 Å². The third-order valence-corrected chi connectivity index (χ3v) is 6.65. The molecule has 0 aliphatic carbocycles. The van der Waals surface area contributed by atoms with Gasteiger partial charge in [0.1, 0.15) is 0 Å². The van der Waals surface area contributed by atoms with Gasteiger partial charge in [-0.2, -0.15) is 11.8 Å². The molecule has 3 atom stereocenters. The van der Waals surface area contributed by atoms with Crippen molar-refractivity contribution in [2.24, 2.45) is 5.41 Å². The zero-order valence-corrected chi connectivity index (χ0v) is 12.6. The fourth-order valence-corrected chi connectivity index (χ4v) is 5.53. The fraction of sp³-hybridized carbons (Fsp3) is 1.00. The van der Waals surface area contributed by atoms with Crippen LogP contribution in [0, 0.1) is 5.41 Å². The zero-order chi connectivity index (χ0) is 12.4. The Kier molecular flexibility index (Phi) is 4.21. The minimum Gasteiger partial charge on any atom is -0.316 e. The van der Waals surface area contributed by atoms with Crippen LogP contribution in [0.25, 0.3) is 0 Å². The molecule has 3 fully saturated rings. The molecule has 0 aromatic rings. The van der Waals surface area contributed by atoms with E-state index in [1.54, 1.807) is 0 Å². The number of likely N-dealkylation sites (tertiary alicyclic amines) is 1. The number of rotatable bonds is 1. The van der Waals surface area contributed by atoms with Gasteiger partial charge < -0.3 is 5.32 Å². The second-order valence-electron chi connectivity index (χ2n) is 6.64. The Hall–Kier alpha value is 0.270. The van der Waals surface area contributed by atoms with E-state index in [0.29, 0.717) is 5.41 Å². The van der Waals surface area contributed by atoms with Crippen LogP contribution in [-0.2, 0) is 0 Å². The van der Waals surface area contributed by atoms with Crippen molar-refractivity contribution < 1.29 is 0 Å². The molecule has 3 saturated heterocycles. The zero-order valence-electron chi connectivity index (χ0n) is 11.8. The summed E-state index contributed by atoms with van der Waals surface area (Å²) in [5.74, 6) is 1.39. The molecule has 104 valence electrons. The molecule has 1 spiro atoms. The van der Waals surface area contributed by atoms with Gasteiger partial charge in [-0.25, -0.2) is 0 Å². The summed E-state index contributed by atoms with van der Waals surface area (Å²) in [7, 11) is 0. The van der Waals surface area contributed by atoms with Crippen molar-refractivity contribution in [3.05, 3.63) is 0 Å². The smallest absolute Gasteiger partial charge is 0.0212 e. The maximum Gasteiger partial charge on any atom is 0.0212 e. The number of nitrogens with one attached hydrogen (secondary N) is 1. The largest absolute Gasteiger partial charge is 0.316 e. The molecule has 3 heterocycles. The molecule has 0 amide bonds. The van der Waals surface area contributed by atoms with Crippen molar-refractivity contribution in [1.82, 2.24) is 10.2 Å². The van der Waals surface area contributed by atoms with E-state index in [-0.39, 0.29) is 0 Å². The van der Waals surface area contributed by atoms with E-state index in [4.69, 9.17) is 0 Å². The monoisotopic (exact) mass is 268 g/mol. The quantitative estimate of drug-likeness (QED) is 0.787. The summed E-state index contributed by atoms with van der Waals surface area (Å²) < 4.78 is 0. The highest BCUT2D eigenvalue weighted by Crippen LogP contribution is 2.39. The van der Waals surface area contributed by atoms with E-state index < -0.39 is 0 Å². The van der Waals surface area contributed by atoms with E-state index in [2.05, 4.69) is 28.9 Å². The predicted octanol–water partition coefficient (Wildman–Crippen LogP) is 2.74. The summed E-state index contributed by atoms with van der Waals surface area (Å²) in [4.78, 5) is 2.85. The van der Waals surface area contributed by atoms with Crippen LogP contribution in [0.2, 0.25) is 0 Å². The van der Waals surface area contributed by atoms with Gasteiger partial charge in [-0.05, 0) is 62.8 Å². The van der Waals surface area contributed by atoms with E-state index in [9.17, 15) is 0 Å². The van der Waals surface area contributed by atoms with Crippen LogP contribution in [0.4, 0.5) is 0 Å². The molecule has 3 aliphatic rings. The average molecular weight is 268 g/mol. The highest BCUT2D eigenvalue weighted by Gasteiger charge is 2.39. The van der Waals surface area contributed by atoms with Crippen molar-refractivity contribution in [1.29, 1.82) is 0 Å². The first-order valence-electron chi connectivity index (χ1n) is 7.86. The average Bonchev–Trinajstić information content (AvgIpc) is 2.40. The lowest BCUT2D eigenvalue weighted by molar-refractivity contribution is 0.0342. The molecule has 0 saturated carbocycles. The molecule has 3 unspecified atom stereocenters. The Morgan fingerprint density at radius 1 is 1.22 bits per heavy atom. The van der Waals surface area contributed by atoms with Gasteiger partial charge in [-0.3, -0.25) is 4.90 Å². The van der Waals surface area contributed by atoms with Gasteiger partial charge in [-0.1, -0.05) is 6.92 Å². The highest BCUT2D eigenvalue weighted by atomic mass is 32.2. The molecular weight excluding hydrogens is 240 g/mol. The second kappa shape index (κ2) is 5.72. The van der Waals surface area contributed by atoms with Gasteiger partial charge in [-0.15, -0.1) is 0 Å². The summed E-state index contributed by atoms with van der Waals surface area (Å²) in [6, 6.07) is 0.864. The first kappa shape index (κ1) is 13.3. The molecule has 0 radical (unpaired) electrons. The lowest BCUT2D eigenvalue weighted by atomic mass is 9.74. The number of nitrogens with zero attached hydrogens (tertiary/aromatic N) is 1. The highest BCUT2D eigenvalue weighted by molar-refractivity contribution is 7.99. The molecule has 3 aliphatic heterocycles.